The molecular formula is C21H29O5P-2. The van der Waals surface area contributed by atoms with Crippen LogP contribution in [0.3, 0.4) is 0 Å². The van der Waals surface area contributed by atoms with E-state index in [-0.39, 0.29) is 22.3 Å². The molecule has 0 heterocycles. The number of hydrogen-bond donors (Lipinski definition) is 2. The summed E-state index contributed by atoms with van der Waals surface area (Å²) in [6.45, 7) is 14.3. The fourth-order valence-corrected chi connectivity index (χ4v) is 2.87. The number of aromatic hydroxyl groups is 2. The van der Waals surface area contributed by atoms with Crippen molar-refractivity contribution in [2.24, 2.45) is 0 Å². The predicted octanol–water partition coefficient (Wildman–Crippen LogP) is 4.01. The summed E-state index contributed by atoms with van der Waals surface area (Å²) >= 11 is 0. The van der Waals surface area contributed by atoms with E-state index in [9.17, 15) is 9.79 Å². The smallest absolute Gasteiger partial charge is 0.157 e. The average molecular weight is 392 g/mol. The minimum atomic E-state index is -2.91. The Hall–Kier alpha value is -1.81. The van der Waals surface area contributed by atoms with Gasteiger partial charge in [0.05, 0.1) is 0 Å². The Morgan fingerprint density at radius 3 is 1.44 bits per heavy atom. The molecule has 0 aromatic heterocycles. The van der Waals surface area contributed by atoms with Crippen molar-refractivity contribution >= 4 is 8.60 Å². The van der Waals surface area contributed by atoms with Crippen LogP contribution in [0.2, 0.25) is 0 Å². The first kappa shape index (κ1) is 23.2. The number of hydrogen-bond acceptors (Lipinski definition) is 5. The summed E-state index contributed by atoms with van der Waals surface area (Å²) in [5.41, 5.74) is 2.62. The lowest BCUT2D eigenvalue weighted by Gasteiger charge is -2.37. The molecule has 0 bridgehead atoms. The maximum Gasteiger partial charge on any atom is 0.157 e. The zero-order chi connectivity index (χ0) is 21.0. The van der Waals surface area contributed by atoms with Crippen molar-refractivity contribution in [1.29, 1.82) is 0 Å². The number of phenolic OH excluding ortho intramolecular Hbond substituents is 2. The van der Waals surface area contributed by atoms with E-state index < -0.39 is 8.60 Å². The van der Waals surface area contributed by atoms with Crippen LogP contribution in [0, 0.1) is 6.92 Å². The van der Waals surface area contributed by atoms with Crippen LogP contribution in [0.1, 0.15) is 58.2 Å². The van der Waals surface area contributed by atoms with Crippen molar-refractivity contribution in [1.82, 2.24) is 0 Å². The maximum absolute atomic E-state index is 11.0. The Balaban J connectivity index is 0.000000377. The lowest BCUT2D eigenvalue weighted by atomic mass is 9.78. The zero-order valence-corrected chi connectivity index (χ0v) is 17.9. The van der Waals surface area contributed by atoms with Crippen molar-refractivity contribution in [3.05, 3.63) is 53.1 Å². The quantitative estimate of drug-likeness (QED) is 0.595. The summed E-state index contributed by atoms with van der Waals surface area (Å²) in [4.78, 5) is 22.1. The summed E-state index contributed by atoms with van der Waals surface area (Å²) in [5, 5.41) is 17.3. The third-order valence-electron chi connectivity index (χ3n) is 3.90. The zero-order valence-electron chi connectivity index (χ0n) is 17.0. The molecule has 2 N–H and O–H groups in total. The van der Waals surface area contributed by atoms with Gasteiger partial charge in [0.25, 0.3) is 0 Å². The lowest BCUT2D eigenvalue weighted by molar-refractivity contribution is -0.310. The van der Waals surface area contributed by atoms with E-state index in [0.29, 0.717) is 5.75 Å². The van der Waals surface area contributed by atoms with E-state index in [0.717, 1.165) is 16.7 Å². The molecule has 0 atom stereocenters. The number of benzene rings is 2. The Morgan fingerprint density at radius 2 is 1.19 bits per heavy atom. The molecule has 2 aromatic carbocycles. The van der Waals surface area contributed by atoms with Crippen molar-refractivity contribution in [2.45, 2.75) is 59.3 Å². The molecule has 6 heteroatoms. The van der Waals surface area contributed by atoms with E-state index in [2.05, 4.69) is 41.5 Å². The molecule has 0 saturated carbocycles. The fourth-order valence-electron chi connectivity index (χ4n) is 2.52. The molecule has 5 nitrogen and oxygen atoms in total. The highest BCUT2D eigenvalue weighted by atomic mass is 31.2. The van der Waals surface area contributed by atoms with Gasteiger partial charge < -0.3 is 24.5 Å². The van der Waals surface area contributed by atoms with Gasteiger partial charge in [0.2, 0.25) is 0 Å². The largest absolute Gasteiger partial charge is 0.810 e. The summed E-state index contributed by atoms with van der Waals surface area (Å²) in [7, 11) is -2.91. The molecule has 0 saturated heterocycles. The molecule has 2 rings (SSSR count). The van der Waals surface area contributed by atoms with Crippen molar-refractivity contribution in [3.8, 4) is 17.2 Å². The average Bonchev–Trinajstić information content (AvgIpc) is 2.50. The molecule has 0 aliphatic rings. The van der Waals surface area contributed by atoms with Crippen LogP contribution >= 0.6 is 8.60 Å². The highest BCUT2D eigenvalue weighted by molar-refractivity contribution is 7.36. The van der Waals surface area contributed by atoms with E-state index in [1.165, 1.54) is 12.1 Å². The van der Waals surface area contributed by atoms with E-state index in [1.807, 2.05) is 19.1 Å². The predicted molar refractivity (Wildman–Crippen MR) is 106 cm³/mol. The molecule has 0 fully saturated rings. The molecule has 0 aliphatic carbocycles. The number of aryl methyl sites for hydroxylation is 1. The van der Waals surface area contributed by atoms with Gasteiger partial charge in [0.15, 0.2) is 11.5 Å². The second-order valence-corrected chi connectivity index (χ2v) is 9.12. The van der Waals surface area contributed by atoms with Crippen molar-refractivity contribution in [2.75, 3.05) is 0 Å². The van der Waals surface area contributed by atoms with Crippen LogP contribution < -0.4 is 14.3 Å². The first-order valence-corrected chi connectivity index (χ1v) is 9.78. The van der Waals surface area contributed by atoms with Gasteiger partial charge in [0.1, 0.15) is 5.75 Å². The monoisotopic (exact) mass is 392 g/mol. The molecule has 0 aliphatic heterocycles. The SMILES string of the molecule is Cc1cc(C(C)(C)C)c(OP([O-])[O-])c(C(C)(C)C)c1.Oc1ccccc1O. The Bertz CT molecular complexity index is 702. The highest BCUT2D eigenvalue weighted by Crippen LogP contribution is 2.43. The Labute approximate surface area is 163 Å². The van der Waals surface area contributed by atoms with Gasteiger partial charge in [-0.1, -0.05) is 80.0 Å². The molecule has 0 amide bonds. The van der Waals surface area contributed by atoms with Gasteiger partial charge >= 0.3 is 0 Å². The van der Waals surface area contributed by atoms with E-state index in [1.54, 1.807) is 12.1 Å². The molecule has 0 unspecified atom stereocenters. The Morgan fingerprint density at radius 1 is 0.815 bits per heavy atom. The molecule has 2 aromatic rings. The first-order valence-electron chi connectivity index (χ1n) is 8.68. The second kappa shape index (κ2) is 8.92. The van der Waals surface area contributed by atoms with Crippen LogP contribution in [0.5, 0.6) is 17.2 Å². The first-order chi connectivity index (χ1) is 12.2. The van der Waals surface area contributed by atoms with Crippen LogP contribution in [0.15, 0.2) is 36.4 Å². The summed E-state index contributed by atoms with van der Waals surface area (Å²) in [6.07, 6.45) is 0. The summed E-state index contributed by atoms with van der Waals surface area (Å²) < 4.78 is 5.14. The van der Waals surface area contributed by atoms with Gasteiger partial charge in [-0.15, -0.1) is 0 Å². The highest BCUT2D eigenvalue weighted by Gasteiger charge is 2.27. The minimum Gasteiger partial charge on any atom is -0.810 e. The van der Waals surface area contributed by atoms with Crippen molar-refractivity contribution in [3.63, 3.8) is 0 Å². The minimum absolute atomic E-state index is 0.0764. The van der Waals surface area contributed by atoms with Gasteiger partial charge in [-0.3, -0.25) is 0 Å². The standard InChI is InChI=1S/C15H23O3P.C6H6O2/c1-10-8-11(14(2,3)4)13(18-19(16)17)12(9-10)15(5,6)7;7-5-3-1-2-4-6(5)8/h8-9H,1-7H3;1-4,7-8H/q-2;. The topological polar surface area (TPSA) is 95.8 Å². The normalized spacial score (nSPS) is 11.8. The number of phenols is 2. The van der Waals surface area contributed by atoms with Gasteiger partial charge in [-0.25, -0.2) is 0 Å². The molecule has 0 spiro atoms. The number of para-hydroxylation sites is 2. The molecular weight excluding hydrogens is 363 g/mol. The van der Waals surface area contributed by atoms with Crippen LogP contribution in [0.4, 0.5) is 0 Å². The molecule has 27 heavy (non-hydrogen) atoms. The molecule has 0 radical (unpaired) electrons. The maximum atomic E-state index is 11.0. The van der Waals surface area contributed by atoms with Gasteiger partial charge in [-0.2, -0.15) is 0 Å². The van der Waals surface area contributed by atoms with Gasteiger partial charge in [0, 0.05) is 11.1 Å². The third kappa shape index (κ3) is 7.02. The van der Waals surface area contributed by atoms with E-state index >= 15 is 0 Å². The fraction of sp³-hybridized carbons (Fsp3) is 0.429. The summed E-state index contributed by atoms with van der Waals surface area (Å²) in [6, 6.07) is 10.2. The Kier molecular flexibility index (Phi) is 7.67. The molecule has 150 valence electrons. The van der Waals surface area contributed by atoms with Crippen LogP contribution in [-0.4, -0.2) is 10.2 Å². The third-order valence-corrected chi connectivity index (χ3v) is 4.23. The van der Waals surface area contributed by atoms with Crippen LogP contribution in [-0.2, 0) is 10.8 Å². The number of rotatable bonds is 2. The van der Waals surface area contributed by atoms with Gasteiger partial charge in [-0.05, 0) is 29.9 Å². The van der Waals surface area contributed by atoms with Crippen molar-refractivity contribution < 1.29 is 24.5 Å². The van der Waals surface area contributed by atoms with Crippen LogP contribution in [0.25, 0.3) is 0 Å². The second-order valence-electron chi connectivity index (χ2n) is 8.49. The lowest BCUT2D eigenvalue weighted by Crippen LogP contribution is -2.22. The van der Waals surface area contributed by atoms with E-state index in [4.69, 9.17) is 14.7 Å². The summed E-state index contributed by atoms with van der Waals surface area (Å²) in [5.74, 6) is 0.335.